The fourth-order valence-corrected chi connectivity index (χ4v) is 3.19. The van der Waals surface area contributed by atoms with Gasteiger partial charge in [0.15, 0.2) is 11.5 Å². The van der Waals surface area contributed by atoms with E-state index in [0.717, 1.165) is 5.56 Å². The molecule has 0 spiro atoms. The van der Waals surface area contributed by atoms with Gasteiger partial charge in [-0.3, -0.25) is 4.79 Å². The molecule has 1 fully saturated rings. The number of hydrogen-bond acceptors (Lipinski definition) is 4. The fraction of sp³-hybridized carbons (Fsp3) is 0.471. The minimum Gasteiger partial charge on any atom is -0.493 e. The van der Waals surface area contributed by atoms with E-state index in [1.807, 2.05) is 24.3 Å². The highest BCUT2D eigenvalue weighted by molar-refractivity contribution is 5.99. The van der Waals surface area contributed by atoms with Crippen LogP contribution in [-0.2, 0) is 4.79 Å². The van der Waals surface area contributed by atoms with Gasteiger partial charge < -0.3 is 19.7 Å². The van der Waals surface area contributed by atoms with Crippen LogP contribution in [0.15, 0.2) is 23.8 Å². The number of alkyl halides is 1. The van der Waals surface area contributed by atoms with E-state index in [0.29, 0.717) is 30.0 Å². The summed E-state index contributed by atoms with van der Waals surface area (Å²) in [6, 6.07) is 5.42. The summed E-state index contributed by atoms with van der Waals surface area (Å²) in [6.07, 6.45) is 1.23. The van der Waals surface area contributed by atoms with Crippen molar-refractivity contribution in [1.82, 2.24) is 10.2 Å². The maximum absolute atomic E-state index is 13.7. The van der Waals surface area contributed by atoms with Crippen molar-refractivity contribution in [3.05, 3.63) is 29.3 Å². The minimum atomic E-state index is -0.963. The third kappa shape index (κ3) is 3.03. The van der Waals surface area contributed by atoms with E-state index < -0.39 is 6.17 Å². The number of benzene rings is 1. The van der Waals surface area contributed by atoms with Gasteiger partial charge in [-0.05, 0) is 19.2 Å². The third-order valence-corrected chi connectivity index (χ3v) is 4.27. The number of carbonyl (C=O) groups excluding carboxylic acids is 1. The van der Waals surface area contributed by atoms with Crippen molar-refractivity contribution in [2.45, 2.75) is 18.6 Å². The zero-order valence-electron chi connectivity index (χ0n) is 13.3. The first-order valence-corrected chi connectivity index (χ1v) is 7.74. The van der Waals surface area contributed by atoms with E-state index in [2.05, 4.69) is 5.32 Å². The number of likely N-dealkylation sites (N-methyl/N-ethyl adjacent to an activating group) is 1. The van der Waals surface area contributed by atoms with Crippen LogP contribution in [0.25, 0.3) is 6.08 Å². The molecule has 0 unspecified atom stereocenters. The lowest BCUT2D eigenvalue weighted by Gasteiger charge is -2.27. The lowest BCUT2D eigenvalue weighted by molar-refractivity contribution is -0.128. The molecule has 1 amide bonds. The van der Waals surface area contributed by atoms with E-state index in [9.17, 15) is 9.18 Å². The zero-order chi connectivity index (χ0) is 16.4. The summed E-state index contributed by atoms with van der Waals surface area (Å²) in [5, 5.41) is 3.02. The lowest BCUT2D eigenvalue weighted by Crippen LogP contribution is -2.42. The van der Waals surface area contributed by atoms with Crippen LogP contribution in [0.2, 0.25) is 0 Å². The highest BCUT2D eigenvalue weighted by Gasteiger charge is 2.36. The number of para-hydroxylation sites is 1. The molecule has 0 saturated carbocycles. The Bertz CT molecular complexity index is 632. The Hall–Kier alpha value is -2.08. The molecular weight excluding hydrogens is 299 g/mol. The molecule has 2 heterocycles. The number of halogens is 1. The second-order valence-corrected chi connectivity index (χ2v) is 5.84. The first-order valence-electron chi connectivity index (χ1n) is 7.74. The molecule has 1 saturated heterocycles. The second kappa shape index (κ2) is 6.58. The molecule has 0 bridgehead atoms. The Morgan fingerprint density at radius 2 is 2.35 bits per heavy atom. The summed E-state index contributed by atoms with van der Waals surface area (Å²) in [7, 11) is 3.39. The topological polar surface area (TPSA) is 50.8 Å². The van der Waals surface area contributed by atoms with Crippen molar-refractivity contribution in [3.63, 3.8) is 0 Å². The Kier molecular flexibility index (Phi) is 4.52. The van der Waals surface area contributed by atoms with Crippen LogP contribution in [0, 0.1) is 0 Å². The normalized spacial score (nSPS) is 23.1. The first kappa shape index (κ1) is 15.8. The molecule has 0 radical (unpaired) electrons. The summed E-state index contributed by atoms with van der Waals surface area (Å²) in [5.41, 5.74) is 1.35. The number of hydrogen-bond donors (Lipinski definition) is 1. The van der Waals surface area contributed by atoms with Gasteiger partial charge >= 0.3 is 0 Å². The number of amides is 1. The number of ether oxygens (including phenoxy) is 2. The highest BCUT2D eigenvalue weighted by atomic mass is 19.1. The number of likely N-dealkylation sites (tertiary alicyclic amines) is 1. The predicted octanol–water partition coefficient (Wildman–Crippen LogP) is 1.63. The molecule has 2 aliphatic heterocycles. The first-order chi connectivity index (χ1) is 11.1. The molecule has 2 aliphatic rings. The smallest absolute Gasteiger partial charge is 0.253 e. The molecule has 124 valence electrons. The van der Waals surface area contributed by atoms with Crippen LogP contribution in [0.4, 0.5) is 4.39 Å². The van der Waals surface area contributed by atoms with Crippen molar-refractivity contribution in [1.29, 1.82) is 0 Å². The number of nitrogens with one attached hydrogen (secondary N) is 1. The summed E-state index contributed by atoms with van der Waals surface area (Å²) >= 11 is 0. The van der Waals surface area contributed by atoms with E-state index in [1.54, 1.807) is 19.1 Å². The highest BCUT2D eigenvalue weighted by Crippen LogP contribution is 2.36. The molecule has 1 aromatic carbocycles. The van der Waals surface area contributed by atoms with Crippen molar-refractivity contribution >= 4 is 12.0 Å². The average Bonchev–Trinajstić information content (AvgIpc) is 2.94. The summed E-state index contributed by atoms with van der Waals surface area (Å²) < 4.78 is 24.7. The maximum Gasteiger partial charge on any atom is 0.253 e. The fourth-order valence-electron chi connectivity index (χ4n) is 3.19. The van der Waals surface area contributed by atoms with Gasteiger partial charge in [-0.15, -0.1) is 0 Å². The zero-order valence-corrected chi connectivity index (χ0v) is 13.3. The molecule has 2 atom stereocenters. The van der Waals surface area contributed by atoms with Crippen LogP contribution in [0.3, 0.4) is 0 Å². The van der Waals surface area contributed by atoms with Crippen molar-refractivity contribution < 1.29 is 18.7 Å². The molecule has 3 rings (SSSR count). The van der Waals surface area contributed by atoms with Crippen LogP contribution >= 0.6 is 0 Å². The van der Waals surface area contributed by atoms with Crippen molar-refractivity contribution in [3.8, 4) is 11.5 Å². The Labute approximate surface area is 135 Å². The van der Waals surface area contributed by atoms with E-state index in [-0.39, 0.29) is 25.1 Å². The van der Waals surface area contributed by atoms with Crippen LogP contribution in [0.5, 0.6) is 11.5 Å². The van der Waals surface area contributed by atoms with E-state index in [1.165, 1.54) is 0 Å². The number of methoxy groups -OCH3 is 1. The van der Waals surface area contributed by atoms with Gasteiger partial charge in [0.2, 0.25) is 0 Å². The van der Waals surface area contributed by atoms with Gasteiger partial charge in [-0.2, -0.15) is 0 Å². The van der Waals surface area contributed by atoms with Gasteiger partial charge in [-0.25, -0.2) is 4.39 Å². The molecule has 1 N–H and O–H groups in total. The summed E-state index contributed by atoms with van der Waals surface area (Å²) in [5.74, 6) is 1.13. The van der Waals surface area contributed by atoms with Crippen molar-refractivity contribution in [2.24, 2.45) is 0 Å². The Balaban J connectivity index is 1.84. The third-order valence-electron chi connectivity index (χ3n) is 4.27. The van der Waals surface area contributed by atoms with Crippen LogP contribution in [0.1, 0.15) is 12.0 Å². The molecule has 23 heavy (non-hydrogen) atoms. The molecule has 0 aromatic heterocycles. The SMILES string of the molecule is CNC[C@@H]1C[C@H](F)CN1C(=O)C1=Cc2cccc(OC)c2OC1. The maximum atomic E-state index is 13.7. The van der Waals surface area contributed by atoms with E-state index >= 15 is 0 Å². The van der Waals surface area contributed by atoms with Crippen LogP contribution in [-0.4, -0.2) is 56.9 Å². The van der Waals surface area contributed by atoms with Crippen molar-refractivity contribution in [2.75, 3.05) is 33.9 Å². The van der Waals surface area contributed by atoms with Gasteiger partial charge in [0.25, 0.3) is 5.91 Å². The van der Waals surface area contributed by atoms with Gasteiger partial charge in [0.1, 0.15) is 12.8 Å². The standard InChI is InChI=1S/C17H21FN2O3/c1-19-8-14-7-13(18)9-20(14)17(21)12-6-11-4-3-5-15(22-2)16(11)23-10-12/h3-6,13-14,19H,7-10H2,1-2H3/t13-,14-/m0/s1. The largest absolute Gasteiger partial charge is 0.493 e. The molecule has 6 heteroatoms. The summed E-state index contributed by atoms with van der Waals surface area (Å²) in [4.78, 5) is 14.4. The lowest BCUT2D eigenvalue weighted by atomic mass is 10.1. The quantitative estimate of drug-likeness (QED) is 0.916. The second-order valence-electron chi connectivity index (χ2n) is 5.84. The van der Waals surface area contributed by atoms with Gasteiger partial charge in [-0.1, -0.05) is 12.1 Å². The number of carbonyl (C=O) groups is 1. The van der Waals surface area contributed by atoms with E-state index in [4.69, 9.17) is 9.47 Å². The predicted molar refractivity (Wildman–Crippen MR) is 85.4 cm³/mol. The molecular formula is C17H21FN2O3. The minimum absolute atomic E-state index is 0.116. The van der Waals surface area contributed by atoms with Gasteiger partial charge in [0, 0.05) is 24.6 Å². The molecule has 0 aliphatic carbocycles. The Morgan fingerprint density at radius 3 is 3.09 bits per heavy atom. The number of rotatable bonds is 4. The Morgan fingerprint density at radius 1 is 1.52 bits per heavy atom. The monoisotopic (exact) mass is 320 g/mol. The molecule has 1 aromatic rings. The summed E-state index contributed by atoms with van der Waals surface area (Å²) in [6.45, 7) is 0.907. The average molecular weight is 320 g/mol. The number of fused-ring (bicyclic) bond motifs is 1. The number of nitrogens with zero attached hydrogens (tertiary/aromatic N) is 1. The molecule has 5 nitrogen and oxygen atoms in total. The van der Waals surface area contributed by atoms with Crippen LogP contribution < -0.4 is 14.8 Å². The van der Waals surface area contributed by atoms with Gasteiger partial charge in [0.05, 0.1) is 19.2 Å².